The lowest BCUT2D eigenvalue weighted by atomic mass is 9.92. The molecule has 2 amide bonds. The molecule has 0 aliphatic carbocycles. The molecule has 25 heavy (non-hydrogen) atoms. The monoisotopic (exact) mass is 342 g/mol. The summed E-state index contributed by atoms with van der Waals surface area (Å²) in [5.74, 6) is -0.178. The molecule has 0 saturated heterocycles. The highest BCUT2D eigenvalue weighted by atomic mass is 16.5. The van der Waals surface area contributed by atoms with E-state index in [0.29, 0.717) is 13.1 Å². The van der Waals surface area contributed by atoms with Crippen molar-refractivity contribution in [1.82, 2.24) is 19.8 Å². The lowest BCUT2D eigenvalue weighted by Crippen LogP contribution is -2.47. The van der Waals surface area contributed by atoms with Crippen LogP contribution in [0.4, 0.5) is 4.79 Å². The van der Waals surface area contributed by atoms with Crippen LogP contribution in [0.1, 0.15) is 23.6 Å². The lowest BCUT2D eigenvalue weighted by Gasteiger charge is -2.35. The van der Waals surface area contributed by atoms with Gasteiger partial charge in [0.1, 0.15) is 6.04 Å². The van der Waals surface area contributed by atoms with Crippen LogP contribution in [-0.4, -0.2) is 46.7 Å². The summed E-state index contributed by atoms with van der Waals surface area (Å²) in [5.41, 5.74) is 1.97. The van der Waals surface area contributed by atoms with Gasteiger partial charge in [-0.25, -0.2) is 9.78 Å². The number of nitrogens with one attached hydrogen (secondary N) is 1. The number of hydrogen-bond acceptors (Lipinski definition) is 4. The molecule has 2 heterocycles. The summed E-state index contributed by atoms with van der Waals surface area (Å²) < 4.78 is 6.82. The molecule has 0 saturated carbocycles. The van der Waals surface area contributed by atoms with Crippen molar-refractivity contribution >= 4 is 12.0 Å². The minimum atomic E-state index is -0.648. The number of benzene rings is 1. The Hall–Kier alpha value is -2.83. The normalized spacial score (nSPS) is 16.2. The van der Waals surface area contributed by atoms with Gasteiger partial charge in [-0.1, -0.05) is 24.3 Å². The summed E-state index contributed by atoms with van der Waals surface area (Å²) in [6.07, 6.45) is 6.39. The Morgan fingerprint density at radius 1 is 1.36 bits per heavy atom. The first kappa shape index (κ1) is 17.0. The molecular formula is C18H22N4O3. The van der Waals surface area contributed by atoms with Gasteiger partial charge in [0.25, 0.3) is 0 Å². The van der Waals surface area contributed by atoms with Crippen LogP contribution in [-0.2, 0) is 22.5 Å². The second-order valence-electron chi connectivity index (χ2n) is 5.96. The van der Waals surface area contributed by atoms with E-state index in [9.17, 15) is 9.59 Å². The number of aromatic nitrogens is 2. The van der Waals surface area contributed by atoms with Crippen LogP contribution >= 0.6 is 0 Å². The number of rotatable bonds is 5. The average Bonchev–Trinajstić information content (AvgIpc) is 3.17. The minimum absolute atomic E-state index is 0.178. The van der Waals surface area contributed by atoms with Crippen LogP contribution in [0.25, 0.3) is 0 Å². The summed E-state index contributed by atoms with van der Waals surface area (Å²) in [7, 11) is 1.34. The number of nitrogens with zero attached hydrogens (tertiary/aromatic N) is 3. The van der Waals surface area contributed by atoms with E-state index in [0.717, 1.165) is 30.5 Å². The molecule has 132 valence electrons. The van der Waals surface area contributed by atoms with E-state index in [1.807, 2.05) is 35.0 Å². The first-order chi connectivity index (χ1) is 12.2. The molecule has 2 aromatic rings. The zero-order valence-electron chi connectivity index (χ0n) is 14.2. The summed E-state index contributed by atoms with van der Waals surface area (Å²) in [6.45, 7) is 1.78. The van der Waals surface area contributed by atoms with Crippen molar-refractivity contribution < 1.29 is 14.3 Å². The first-order valence-corrected chi connectivity index (χ1v) is 8.36. The Labute approximate surface area is 146 Å². The van der Waals surface area contributed by atoms with Crippen LogP contribution in [0.3, 0.4) is 0 Å². The van der Waals surface area contributed by atoms with E-state index in [1.165, 1.54) is 12.0 Å². The fraction of sp³-hybridized carbons (Fsp3) is 0.389. The number of carbonyl (C=O) groups excluding carboxylic acids is 2. The Kier molecular flexibility index (Phi) is 5.33. The van der Waals surface area contributed by atoms with Gasteiger partial charge in [0, 0.05) is 32.0 Å². The van der Waals surface area contributed by atoms with Crippen molar-refractivity contribution in [1.29, 1.82) is 0 Å². The van der Waals surface area contributed by atoms with Gasteiger partial charge < -0.3 is 14.6 Å². The highest BCUT2D eigenvalue weighted by Gasteiger charge is 2.36. The number of methoxy groups -OCH3 is 1. The predicted molar refractivity (Wildman–Crippen MR) is 91.9 cm³/mol. The van der Waals surface area contributed by atoms with Gasteiger partial charge in [0.05, 0.1) is 13.4 Å². The maximum atomic E-state index is 12.8. The van der Waals surface area contributed by atoms with Crippen LogP contribution < -0.4 is 5.32 Å². The molecule has 0 bridgehead atoms. The standard InChI is InChI=1S/C18H22N4O3/c1-25-18(24)22-11-7-14-5-2-3-6-15(14)16(22)17(23)20-8-4-10-21-12-9-19-13-21/h2-3,5-6,9,12-13,16H,4,7-8,10-11H2,1H3,(H,20,23)/t16-/m1/s1. The van der Waals surface area contributed by atoms with Crippen molar-refractivity contribution in [2.24, 2.45) is 0 Å². The van der Waals surface area contributed by atoms with Crippen LogP contribution in [0.2, 0.25) is 0 Å². The van der Waals surface area contributed by atoms with Crippen molar-refractivity contribution in [3.8, 4) is 0 Å². The molecule has 0 unspecified atom stereocenters. The van der Waals surface area contributed by atoms with Crippen LogP contribution in [0.5, 0.6) is 0 Å². The Balaban J connectivity index is 1.67. The second-order valence-corrected chi connectivity index (χ2v) is 5.96. The third-order valence-electron chi connectivity index (χ3n) is 4.39. The zero-order valence-corrected chi connectivity index (χ0v) is 14.2. The minimum Gasteiger partial charge on any atom is -0.453 e. The van der Waals surface area contributed by atoms with Gasteiger partial charge in [-0.2, -0.15) is 0 Å². The molecule has 1 N–H and O–H groups in total. The molecule has 1 aliphatic rings. The Morgan fingerprint density at radius 3 is 2.96 bits per heavy atom. The SMILES string of the molecule is COC(=O)N1CCc2ccccc2[C@@H]1C(=O)NCCCn1ccnc1. The largest absolute Gasteiger partial charge is 0.453 e. The highest BCUT2D eigenvalue weighted by Crippen LogP contribution is 2.30. The maximum absolute atomic E-state index is 12.8. The molecule has 0 fully saturated rings. The Bertz CT molecular complexity index is 730. The van der Waals surface area contributed by atoms with Crippen molar-refractivity contribution in [2.75, 3.05) is 20.2 Å². The quantitative estimate of drug-likeness (QED) is 0.840. The topological polar surface area (TPSA) is 76.5 Å². The smallest absolute Gasteiger partial charge is 0.410 e. The number of carbonyl (C=O) groups is 2. The summed E-state index contributed by atoms with van der Waals surface area (Å²) in [5, 5.41) is 2.94. The number of imidazole rings is 1. The zero-order chi connectivity index (χ0) is 17.6. The fourth-order valence-corrected chi connectivity index (χ4v) is 3.15. The molecule has 1 aliphatic heterocycles. The molecule has 1 aromatic heterocycles. The average molecular weight is 342 g/mol. The number of ether oxygens (including phenoxy) is 1. The summed E-state index contributed by atoms with van der Waals surface area (Å²) >= 11 is 0. The highest BCUT2D eigenvalue weighted by molar-refractivity contribution is 5.87. The molecule has 0 radical (unpaired) electrons. The van der Waals surface area contributed by atoms with E-state index >= 15 is 0 Å². The number of amides is 2. The van der Waals surface area contributed by atoms with E-state index in [4.69, 9.17) is 4.74 Å². The van der Waals surface area contributed by atoms with Crippen molar-refractivity contribution in [2.45, 2.75) is 25.4 Å². The number of aryl methyl sites for hydroxylation is 1. The van der Waals surface area contributed by atoms with Gasteiger partial charge in [-0.05, 0) is 24.0 Å². The maximum Gasteiger partial charge on any atom is 0.410 e. The third kappa shape index (κ3) is 3.81. The van der Waals surface area contributed by atoms with Gasteiger partial charge in [-0.3, -0.25) is 9.69 Å². The molecule has 0 spiro atoms. The van der Waals surface area contributed by atoms with Crippen LogP contribution in [0.15, 0.2) is 43.0 Å². The molecule has 7 nitrogen and oxygen atoms in total. The van der Waals surface area contributed by atoms with E-state index in [1.54, 1.807) is 12.5 Å². The van der Waals surface area contributed by atoms with E-state index in [2.05, 4.69) is 10.3 Å². The summed E-state index contributed by atoms with van der Waals surface area (Å²) in [6, 6.07) is 7.10. The third-order valence-corrected chi connectivity index (χ3v) is 4.39. The fourth-order valence-electron chi connectivity index (χ4n) is 3.15. The molecule has 1 atom stereocenters. The molecule has 7 heteroatoms. The second kappa shape index (κ2) is 7.83. The van der Waals surface area contributed by atoms with E-state index < -0.39 is 12.1 Å². The Morgan fingerprint density at radius 2 is 2.20 bits per heavy atom. The summed E-state index contributed by atoms with van der Waals surface area (Å²) in [4.78, 5) is 30.3. The van der Waals surface area contributed by atoms with Gasteiger partial charge in [0.2, 0.25) is 5.91 Å². The van der Waals surface area contributed by atoms with Crippen molar-refractivity contribution in [3.05, 3.63) is 54.1 Å². The predicted octanol–water partition coefficient (Wildman–Crippen LogP) is 1.76. The first-order valence-electron chi connectivity index (χ1n) is 8.36. The van der Waals surface area contributed by atoms with Gasteiger partial charge >= 0.3 is 6.09 Å². The van der Waals surface area contributed by atoms with Crippen LogP contribution in [0, 0.1) is 0 Å². The van der Waals surface area contributed by atoms with E-state index in [-0.39, 0.29) is 5.91 Å². The lowest BCUT2D eigenvalue weighted by molar-refractivity contribution is -0.126. The number of fused-ring (bicyclic) bond motifs is 1. The molecular weight excluding hydrogens is 320 g/mol. The van der Waals surface area contributed by atoms with Gasteiger partial charge in [-0.15, -0.1) is 0 Å². The number of hydrogen-bond donors (Lipinski definition) is 1. The molecule has 3 rings (SSSR count). The van der Waals surface area contributed by atoms with Crippen molar-refractivity contribution in [3.63, 3.8) is 0 Å². The van der Waals surface area contributed by atoms with Gasteiger partial charge in [0.15, 0.2) is 0 Å². The molecule has 1 aromatic carbocycles.